The first kappa shape index (κ1) is 13.6. The summed E-state index contributed by atoms with van der Waals surface area (Å²) in [6, 6.07) is 5.45. The topological polar surface area (TPSA) is 65.5 Å². The third kappa shape index (κ3) is 4.50. The van der Waals surface area contributed by atoms with E-state index in [0.717, 1.165) is 12.2 Å². The van der Waals surface area contributed by atoms with Crippen LogP contribution in [0.4, 0.5) is 0 Å². The monoisotopic (exact) mass is 237 g/mol. The van der Waals surface area contributed by atoms with Gasteiger partial charge in [-0.05, 0) is 33.2 Å². The first-order chi connectivity index (χ1) is 8.00. The van der Waals surface area contributed by atoms with Crippen LogP contribution in [-0.4, -0.2) is 47.6 Å². The highest BCUT2D eigenvalue weighted by molar-refractivity contribution is 5.85. The number of carboxylic acids is 1. The van der Waals surface area contributed by atoms with Gasteiger partial charge in [-0.25, -0.2) is 9.78 Å². The molecule has 0 spiro atoms. The Morgan fingerprint density at radius 1 is 1.53 bits per heavy atom. The highest BCUT2D eigenvalue weighted by Gasteiger charge is 2.06. The van der Waals surface area contributed by atoms with E-state index >= 15 is 0 Å². The minimum atomic E-state index is -0.992. The van der Waals surface area contributed by atoms with Crippen LogP contribution in [0.15, 0.2) is 18.2 Å². The van der Waals surface area contributed by atoms with E-state index in [1.165, 1.54) is 6.07 Å². The maximum absolute atomic E-state index is 10.7. The van der Waals surface area contributed by atoms with E-state index in [2.05, 4.69) is 22.1 Å². The number of aromatic carboxylic acids is 1. The van der Waals surface area contributed by atoms with E-state index in [9.17, 15) is 4.79 Å². The molecule has 94 valence electrons. The van der Waals surface area contributed by atoms with Gasteiger partial charge in [-0.2, -0.15) is 0 Å². The van der Waals surface area contributed by atoms with Gasteiger partial charge in [0.05, 0.1) is 5.69 Å². The summed E-state index contributed by atoms with van der Waals surface area (Å²) >= 11 is 0. The Bertz CT molecular complexity index is 380. The molecular weight excluding hydrogens is 218 g/mol. The molecule has 0 fully saturated rings. The van der Waals surface area contributed by atoms with Gasteiger partial charge in [0.2, 0.25) is 0 Å². The van der Waals surface area contributed by atoms with E-state index in [1.54, 1.807) is 6.07 Å². The fraction of sp³-hybridized carbons (Fsp3) is 0.500. The third-order valence-corrected chi connectivity index (χ3v) is 2.65. The number of nitrogens with one attached hydrogen (secondary N) is 1. The lowest BCUT2D eigenvalue weighted by Crippen LogP contribution is -2.35. The summed E-state index contributed by atoms with van der Waals surface area (Å²) in [7, 11) is 4.05. The number of nitrogens with zero attached hydrogens (tertiary/aromatic N) is 2. The van der Waals surface area contributed by atoms with E-state index < -0.39 is 5.97 Å². The summed E-state index contributed by atoms with van der Waals surface area (Å²) in [5.74, 6) is -0.992. The van der Waals surface area contributed by atoms with Crippen molar-refractivity contribution in [3.05, 3.63) is 29.6 Å². The molecule has 0 aliphatic heterocycles. The molecule has 1 aromatic heterocycles. The van der Waals surface area contributed by atoms with Crippen LogP contribution in [-0.2, 0) is 6.54 Å². The number of carbonyl (C=O) groups is 1. The predicted octanol–water partition coefficient (Wildman–Crippen LogP) is 0.819. The largest absolute Gasteiger partial charge is 0.477 e. The van der Waals surface area contributed by atoms with Crippen LogP contribution >= 0.6 is 0 Å². The molecule has 0 saturated heterocycles. The molecule has 0 aromatic carbocycles. The summed E-state index contributed by atoms with van der Waals surface area (Å²) < 4.78 is 0. The molecular formula is C12H19N3O2. The quantitative estimate of drug-likeness (QED) is 0.767. The van der Waals surface area contributed by atoms with Crippen LogP contribution in [0.5, 0.6) is 0 Å². The Balaban J connectivity index is 2.47. The summed E-state index contributed by atoms with van der Waals surface area (Å²) in [4.78, 5) is 16.9. The molecule has 1 heterocycles. The number of carboxylic acid groups (broad SMARTS) is 1. The first-order valence-corrected chi connectivity index (χ1v) is 5.57. The SMILES string of the molecule is CC(CNCc1cccc(C(=O)O)n1)N(C)C. The molecule has 1 atom stereocenters. The third-order valence-electron chi connectivity index (χ3n) is 2.65. The smallest absolute Gasteiger partial charge is 0.354 e. The van der Waals surface area contributed by atoms with E-state index in [0.29, 0.717) is 12.6 Å². The van der Waals surface area contributed by atoms with Gasteiger partial charge < -0.3 is 15.3 Å². The number of aromatic nitrogens is 1. The molecule has 5 nitrogen and oxygen atoms in total. The Labute approximate surface area is 101 Å². The van der Waals surface area contributed by atoms with Gasteiger partial charge in [0.25, 0.3) is 0 Å². The zero-order chi connectivity index (χ0) is 12.8. The van der Waals surface area contributed by atoms with Crippen LogP contribution in [0, 0.1) is 0 Å². The second-order valence-electron chi connectivity index (χ2n) is 4.26. The summed E-state index contributed by atoms with van der Waals surface area (Å²) in [5.41, 5.74) is 0.834. The van der Waals surface area contributed by atoms with Gasteiger partial charge in [0, 0.05) is 19.1 Å². The van der Waals surface area contributed by atoms with E-state index in [1.807, 2.05) is 20.2 Å². The van der Waals surface area contributed by atoms with Crippen molar-refractivity contribution in [2.45, 2.75) is 19.5 Å². The molecule has 0 aliphatic carbocycles. The molecule has 0 saturated carbocycles. The normalized spacial score (nSPS) is 12.7. The standard InChI is InChI=1S/C12H19N3O2/c1-9(15(2)3)7-13-8-10-5-4-6-11(14-10)12(16)17/h4-6,9,13H,7-8H2,1-3H3,(H,16,17). The van der Waals surface area contributed by atoms with Crippen LogP contribution in [0.1, 0.15) is 23.1 Å². The van der Waals surface area contributed by atoms with E-state index in [-0.39, 0.29) is 5.69 Å². The second kappa shape index (κ2) is 6.32. The fourth-order valence-corrected chi connectivity index (χ4v) is 1.29. The molecule has 1 rings (SSSR count). The van der Waals surface area contributed by atoms with Crippen LogP contribution < -0.4 is 5.32 Å². The van der Waals surface area contributed by atoms with Gasteiger partial charge in [-0.3, -0.25) is 0 Å². The van der Waals surface area contributed by atoms with Crippen LogP contribution in [0.3, 0.4) is 0 Å². The number of pyridine rings is 1. The van der Waals surface area contributed by atoms with Crippen molar-refractivity contribution < 1.29 is 9.90 Å². The molecule has 2 N–H and O–H groups in total. The highest BCUT2D eigenvalue weighted by atomic mass is 16.4. The minimum Gasteiger partial charge on any atom is -0.477 e. The summed E-state index contributed by atoms with van der Waals surface area (Å²) in [6.45, 7) is 3.54. The van der Waals surface area contributed by atoms with Crippen molar-refractivity contribution in [2.24, 2.45) is 0 Å². The highest BCUT2D eigenvalue weighted by Crippen LogP contribution is 1.99. The number of hydrogen-bond acceptors (Lipinski definition) is 4. The Kier molecular flexibility index (Phi) is 5.06. The maximum Gasteiger partial charge on any atom is 0.354 e. The van der Waals surface area contributed by atoms with Gasteiger partial charge in [-0.1, -0.05) is 6.07 Å². The lowest BCUT2D eigenvalue weighted by Gasteiger charge is -2.19. The fourth-order valence-electron chi connectivity index (χ4n) is 1.29. The van der Waals surface area contributed by atoms with E-state index in [4.69, 9.17) is 5.11 Å². The summed E-state index contributed by atoms with van der Waals surface area (Å²) in [5, 5.41) is 12.1. The van der Waals surface area contributed by atoms with Crippen molar-refractivity contribution in [1.29, 1.82) is 0 Å². The van der Waals surface area contributed by atoms with Gasteiger partial charge in [0.1, 0.15) is 5.69 Å². The minimum absolute atomic E-state index is 0.0879. The maximum atomic E-state index is 10.7. The van der Waals surface area contributed by atoms with Crippen molar-refractivity contribution in [3.63, 3.8) is 0 Å². The van der Waals surface area contributed by atoms with Crippen LogP contribution in [0.25, 0.3) is 0 Å². The van der Waals surface area contributed by atoms with Crippen molar-refractivity contribution in [2.75, 3.05) is 20.6 Å². The molecule has 0 bridgehead atoms. The number of likely N-dealkylation sites (N-methyl/N-ethyl adjacent to an activating group) is 1. The van der Waals surface area contributed by atoms with Gasteiger partial charge in [-0.15, -0.1) is 0 Å². The molecule has 0 amide bonds. The molecule has 17 heavy (non-hydrogen) atoms. The predicted molar refractivity (Wildman–Crippen MR) is 66.1 cm³/mol. The first-order valence-electron chi connectivity index (χ1n) is 5.57. The second-order valence-corrected chi connectivity index (χ2v) is 4.26. The number of rotatable bonds is 6. The molecule has 0 radical (unpaired) electrons. The zero-order valence-corrected chi connectivity index (χ0v) is 10.5. The average Bonchev–Trinajstić information content (AvgIpc) is 2.29. The number of hydrogen-bond donors (Lipinski definition) is 2. The Hall–Kier alpha value is -1.46. The molecule has 0 aliphatic rings. The average molecular weight is 237 g/mol. The lowest BCUT2D eigenvalue weighted by molar-refractivity contribution is 0.0690. The zero-order valence-electron chi connectivity index (χ0n) is 10.5. The molecule has 5 heteroatoms. The van der Waals surface area contributed by atoms with Crippen molar-refractivity contribution >= 4 is 5.97 Å². The van der Waals surface area contributed by atoms with Crippen LogP contribution in [0.2, 0.25) is 0 Å². The lowest BCUT2D eigenvalue weighted by atomic mass is 10.2. The van der Waals surface area contributed by atoms with Crippen molar-refractivity contribution in [1.82, 2.24) is 15.2 Å². The van der Waals surface area contributed by atoms with Crippen molar-refractivity contribution in [3.8, 4) is 0 Å². The van der Waals surface area contributed by atoms with Gasteiger partial charge in [0.15, 0.2) is 0 Å². The molecule has 1 unspecified atom stereocenters. The summed E-state index contributed by atoms with van der Waals surface area (Å²) in [6.07, 6.45) is 0. The molecule has 1 aromatic rings. The van der Waals surface area contributed by atoms with Gasteiger partial charge >= 0.3 is 5.97 Å². The Morgan fingerprint density at radius 2 is 2.24 bits per heavy atom. The Morgan fingerprint density at radius 3 is 2.82 bits per heavy atom.